The molecule has 0 aromatic carbocycles. The second-order valence-corrected chi connectivity index (χ2v) is 3.38. The molecular formula is C8H16ClNO. The van der Waals surface area contributed by atoms with Crippen LogP contribution in [-0.2, 0) is 4.74 Å². The van der Waals surface area contributed by atoms with E-state index in [4.69, 9.17) is 4.74 Å². The molecule has 1 saturated carbocycles. The predicted molar refractivity (Wildman–Crippen MR) is 47.2 cm³/mol. The van der Waals surface area contributed by atoms with Crippen molar-refractivity contribution in [2.75, 3.05) is 26.3 Å². The highest BCUT2D eigenvalue weighted by Crippen LogP contribution is 2.36. The largest absolute Gasteiger partial charge is 0.380 e. The van der Waals surface area contributed by atoms with Crippen LogP contribution in [-0.4, -0.2) is 26.3 Å². The Morgan fingerprint density at radius 1 is 1.18 bits per heavy atom. The summed E-state index contributed by atoms with van der Waals surface area (Å²) in [5.41, 5.74) is 0. The fraction of sp³-hybridized carbons (Fsp3) is 1.00. The number of rotatable bonds is 1. The lowest BCUT2D eigenvalue weighted by molar-refractivity contribution is 0.116. The summed E-state index contributed by atoms with van der Waals surface area (Å²) in [6, 6.07) is 0. The van der Waals surface area contributed by atoms with Crippen LogP contribution in [0.2, 0.25) is 0 Å². The van der Waals surface area contributed by atoms with E-state index in [9.17, 15) is 0 Å². The fourth-order valence-corrected chi connectivity index (χ4v) is 1.60. The number of halogens is 1. The van der Waals surface area contributed by atoms with Crippen molar-refractivity contribution in [1.29, 1.82) is 0 Å². The second kappa shape index (κ2) is 4.29. The van der Waals surface area contributed by atoms with Crippen molar-refractivity contribution < 1.29 is 4.74 Å². The maximum atomic E-state index is 5.45. The van der Waals surface area contributed by atoms with Gasteiger partial charge in [-0.3, -0.25) is 0 Å². The maximum absolute atomic E-state index is 5.45. The van der Waals surface area contributed by atoms with Gasteiger partial charge in [0, 0.05) is 13.1 Å². The SMILES string of the molecule is C1COCC(C2CC2)CN1.Cl. The van der Waals surface area contributed by atoms with Gasteiger partial charge in [-0.1, -0.05) is 0 Å². The third-order valence-corrected chi connectivity index (χ3v) is 2.45. The molecule has 2 fully saturated rings. The first-order valence-electron chi connectivity index (χ1n) is 4.25. The summed E-state index contributed by atoms with van der Waals surface area (Å²) in [7, 11) is 0. The molecule has 2 rings (SSSR count). The average Bonchev–Trinajstić information content (AvgIpc) is 2.76. The quantitative estimate of drug-likeness (QED) is 0.647. The molecule has 1 N–H and O–H groups in total. The molecule has 0 spiro atoms. The van der Waals surface area contributed by atoms with Crippen molar-refractivity contribution in [3.63, 3.8) is 0 Å². The zero-order valence-electron chi connectivity index (χ0n) is 6.71. The van der Waals surface area contributed by atoms with E-state index < -0.39 is 0 Å². The minimum atomic E-state index is 0. The normalized spacial score (nSPS) is 32.2. The summed E-state index contributed by atoms with van der Waals surface area (Å²) in [6.07, 6.45) is 2.88. The highest BCUT2D eigenvalue weighted by atomic mass is 35.5. The third-order valence-electron chi connectivity index (χ3n) is 2.45. The van der Waals surface area contributed by atoms with Crippen molar-refractivity contribution in [3.8, 4) is 0 Å². The molecule has 1 saturated heterocycles. The summed E-state index contributed by atoms with van der Waals surface area (Å²) < 4.78 is 5.45. The van der Waals surface area contributed by atoms with Gasteiger partial charge in [-0.05, 0) is 24.7 Å². The Morgan fingerprint density at radius 2 is 2.00 bits per heavy atom. The minimum Gasteiger partial charge on any atom is -0.380 e. The van der Waals surface area contributed by atoms with Crippen LogP contribution in [0.15, 0.2) is 0 Å². The van der Waals surface area contributed by atoms with Gasteiger partial charge in [0.25, 0.3) is 0 Å². The first kappa shape index (κ1) is 9.30. The molecule has 0 radical (unpaired) electrons. The Morgan fingerprint density at radius 3 is 2.73 bits per heavy atom. The lowest BCUT2D eigenvalue weighted by Gasteiger charge is -2.10. The summed E-state index contributed by atoms with van der Waals surface area (Å²) >= 11 is 0. The Kier molecular flexibility index (Phi) is 3.63. The smallest absolute Gasteiger partial charge is 0.0591 e. The summed E-state index contributed by atoms with van der Waals surface area (Å²) in [6.45, 7) is 4.13. The first-order valence-corrected chi connectivity index (χ1v) is 4.25. The molecule has 66 valence electrons. The van der Waals surface area contributed by atoms with Gasteiger partial charge in [0.1, 0.15) is 0 Å². The van der Waals surface area contributed by atoms with E-state index in [0.717, 1.165) is 31.6 Å². The maximum Gasteiger partial charge on any atom is 0.0591 e. The van der Waals surface area contributed by atoms with Gasteiger partial charge in [0.05, 0.1) is 13.2 Å². The standard InChI is InChI=1S/C8H15NO.ClH/c1-2-7(1)8-5-9-3-4-10-6-8;/h7-9H,1-6H2;1H. The first-order chi connectivity index (χ1) is 4.97. The van der Waals surface area contributed by atoms with Gasteiger partial charge in [-0.2, -0.15) is 0 Å². The molecule has 0 bridgehead atoms. The molecule has 2 nitrogen and oxygen atoms in total. The van der Waals surface area contributed by atoms with Crippen LogP contribution in [0, 0.1) is 11.8 Å². The fourth-order valence-electron chi connectivity index (χ4n) is 1.60. The van der Waals surface area contributed by atoms with Crippen molar-refractivity contribution >= 4 is 12.4 Å². The highest BCUT2D eigenvalue weighted by molar-refractivity contribution is 5.85. The number of hydrogen-bond donors (Lipinski definition) is 1. The summed E-state index contributed by atoms with van der Waals surface area (Å²) in [4.78, 5) is 0. The molecule has 3 heteroatoms. The zero-order chi connectivity index (χ0) is 6.81. The molecule has 0 aromatic heterocycles. The Bertz CT molecular complexity index is 109. The Balaban J connectivity index is 0.000000605. The molecule has 0 amide bonds. The van der Waals surface area contributed by atoms with Gasteiger partial charge in [0.15, 0.2) is 0 Å². The van der Waals surface area contributed by atoms with Crippen LogP contribution < -0.4 is 5.32 Å². The van der Waals surface area contributed by atoms with Crippen molar-refractivity contribution in [3.05, 3.63) is 0 Å². The van der Waals surface area contributed by atoms with Crippen molar-refractivity contribution in [2.45, 2.75) is 12.8 Å². The van der Waals surface area contributed by atoms with Gasteiger partial charge in [0.2, 0.25) is 0 Å². The van der Waals surface area contributed by atoms with Gasteiger partial charge in [-0.15, -0.1) is 12.4 Å². The van der Waals surface area contributed by atoms with Crippen LogP contribution in [0.4, 0.5) is 0 Å². The van der Waals surface area contributed by atoms with Crippen molar-refractivity contribution in [1.82, 2.24) is 5.32 Å². The molecule has 1 aliphatic heterocycles. The lowest BCUT2D eigenvalue weighted by Crippen LogP contribution is -2.23. The summed E-state index contributed by atoms with van der Waals surface area (Å²) in [5, 5.41) is 3.39. The second-order valence-electron chi connectivity index (χ2n) is 3.38. The van der Waals surface area contributed by atoms with Crippen LogP contribution in [0.25, 0.3) is 0 Å². The van der Waals surface area contributed by atoms with E-state index >= 15 is 0 Å². The van der Waals surface area contributed by atoms with E-state index in [0.29, 0.717) is 0 Å². The Labute approximate surface area is 74.1 Å². The van der Waals surface area contributed by atoms with Gasteiger partial charge >= 0.3 is 0 Å². The monoisotopic (exact) mass is 177 g/mol. The molecule has 1 aliphatic carbocycles. The lowest BCUT2D eigenvalue weighted by atomic mass is 10.1. The van der Waals surface area contributed by atoms with E-state index in [2.05, 4.69) is 5.32 Å². The zero-order valence-corrected chi connectivity index (χ0v) is 7.53. The van der Waals surface area contributed by atoms with Crippen LogP contribution in [0.5, 0.6) is 0 Å². The van der Waals surface area contributed by atoms with Crippen LogP contribution >= 0.6 is 12.4 Å². The summed E-state index contributed by atoms with van der Waals surface area (Å²) in [5.74, 6) is 1.81. The molecule has 2 aliphatic rings. The van der Waals surface area contributed by atoms with Gasteiger partial charge < -0.3 is 10.1 Å². The van der Waals surface area contributed by atoms with Gasteiger partial charge in [-0.25, -0.2) is 0 Å². The molecular weight excluding hydrogens is 162 g/mol. The van der Waals surface area contributed by atoms with Crippen LogP contribution in [0.3, 0.4) is 0 Å². The minimum absolute atomic E-state index is 0. The molecule has 11 heavy (non-hydrogen) atoms. The molecule has 1 unspecified atom stereocenters. The number of ether oxygens (including phenoxy) is 1. The van der Waals surface area contributed by atoms with E-state index in [-0.39, 0.29) is 12.4 Å². The van der Waals surface area contributed by atoms with E-state index in [1.807, 2.05) is 0 Å². The molecule has 1 atom stereocenters. The van der Waals surface area contributed by atoms with E-state index in [1.165, 1.54) is 19.4 Å². The number of hydrogen-bond acceptors (Lipinski definition) is 2. The van der Waals surface area contributed by atoms with E-state index in [1.54, 1.807) is 0 Å². The highest BCUT2D eigenvalue weighted by Gasteiger charge is 2.31. The van der Waals surface area contributed by atoms with Crippen molar-refractivity contribution in [2.24, 2.45) is 11.8 Å². The number of nitrogens with one attached hydrogen (secondary N) is 1. The van der Waals surface area contributed by atoms with Crippen LogP contribution in [0.1, 0.15) is 12.8 Å². The average molecular weight is 178 g/mol. The predicted octanol–water partition coefficient (Wildman–Crippen LogP) is 1.05. The Hall–Kier alpha value is 0.210. The third kappa shape index (κ3) is 2.62. The molecule has 0 aromatic rings. The molecule has 1 heterocycles. The topological polar surface area (TPSA) is 21.3 Å².